The number of thiazole rings is 1. The van der Waals surface area contributed by atoms with E-state index in [1.54, 1.807) is 36.7 Å². The molecule has 1 aromatic carbocycles. The molecule has 1 aliphatic heterocycles. The van der Waals surface area contributed by atoms with E-state index in [1.807, 2.05) is 0 Å². The molecule has 1 aliphatic rings. The van der Waals surface area contributed by atoms with Gasteiger partial charge in [-0.1, -0.05) is 0 Å². The molecule has 2 heterocycles. The van der Waals surface area contributed by atoms with Crippen LogP contribution in [0.2, 0.25) is 0 Å². The number of hydrogen-bond acceptors (Lipinski definition) is 5. The molecule has 0 spiro atoms. The van der Waals surface area contributed by atoms with E-state index in [0.717, 1.165) is 0 Å². The first-order chi connectivity index (χ1) is 9.63. The van der Waals surface area contributed by atoms with Gasteiger partial charge in [0.1, 0.15) is 5.75 Å². The summed E-state index contributed by atoms with van der Waals surface area (Å²) >= 11 is 1.34. The Labute approximate surface area is 118 Å². The SMILES string of the molecule is CC1Oc2ccc(C(=O)Nc3nccs3)cc2NC1=O. The Hall–Kier alpha value is -2.41. The Morgan fingerprint density at radius 2 is 2.35 bits per heavy atom. The lowest BCUT2D eigenvalue weighted by Gasteiger charge is -2.23. The molecule has 2 amide bonds. The van der Waals surface area contributed by atoms with Crippen LogP contribution in [0.15, 0.2) is 29.8 Å². The van der Waals surface area contributed by atoms with Crippen LogP contribution < -0.4 is 15.4 Å². The van der Waals surface area contributed by atoms with Crippen molar-refractivity contribution in [1.82, 2.24) is 4.98 Å². The van der Waals surface area contributed by atoms with Crippen molar-refractivity contribution >= 4 is 34.0 Å². The van der Waals surface area contributed by atoms with Gasteiger partial charge in [0.2, 0.25) is 0 Å². The van der Waals surface area contributed by atoms with Crippen LogP contribution in [-0.4, -0.2) is 22.9 Å². The highest BCUT2D eigenvalue weighted by atomic mass is 32.1. The Kier molecular flexibility index (Phi) is 3.11. The first-order valence-electron chi connectivity index (χ1n) is 5.96. The Balaban J connectivity index is 1.83. The molecule has 0 radical (unpaired) electrons. The minimum Gasteiger partial charge on any atom is -0.479 e. The average molecular weight is 289 g/mol. The fourth-order valence-corrected chi connectivity index (χ4v) is 2.33. The summed E-state index contributed by atoms with van der Waals surface area (Å²) in [5.74, 6) is 0.0495. The third-order valence-corrected chi connectivity index (χ3v) is 3.51. The van der Waals surface area contributed by atoms with Gasteiger partial charge in [0, 0.05) is 17.1 Å². The number of nitrogens with one attached hydrogen (secondary N) is 2. The molecule has 0 saturated heterocycles. The van der Waals surface area contributed by atoms with Crippen molar-refractivity contribution in [3.05, 3.63) is 35.3 Å². The number of carbonyl (C=O) groups excluding carboxylic acids is 2. The zero-order chi connectivity index (χ0) is 14.1. The zero-order valence-corrected chi connectivity index (χ0v) is 11.4. The number of carbonyl (C=O) groups is 2. The van der Waals surface area contributed by atoms with Gasteiger partial charge in [0.05, 0.1) is 5.69 Å². The van der Waals surface area contributed by atoms with E-state index >= 15 is 0 Å². The minimum absolute atomic E-state index is 0.227. The van der Waals surface area contributed by atoms with Crippen molar-refractivity contribution in [1.29, 1.82) is 0 Å². The molecule has 0 saturated carbocycles. The Morgan fingerprint density at radius 3 is 3.10 bits per heavy atom. The van der Waals surface area contributed by atoms with Crippen LogP contribution in [-0.2, 0) is 4.79 Å². The summed E-state index contributed by atoms with van der Waals surface area (Å²) in [6, 6.07) is 4.90. The molecular weight excluding hydrogens is 278 g/mol. The minimum atomic E-state index is -0.530. The third kappa shape index (κ3) is 2.35. The number of rotatable bonds is 2. The molecule has 1 aromatic heterocycles. The lowest BCUT2D eigenvalue weighted by Crippen LogP contribution is -2.34. The number of ether oxygens (including phenoxy) is 1. The van der Waals surface area contributed by atoms with Crippen LogP contribution >= 0.6 is 11.3 Å². The number of amides is 2. The third-order valence-electron chi connectivity index (χ3n) is 2.83. The van der Waals surface area contributed by atoms with Gasteiger partial charge in [-0.05, 0) is 25.1 Å². The highest BCUT2D eigenvalue weighted by molar-refractivity contribution is 7.13. The van der Waals surface area contributed by atoms with Gasteiger partial charge in [0.15, 0.2) is 11.2 Å². The predicted octanol–water partition coefficient (Wildman–Crippen LogP) is 2.11. The van der Waals surface area contributed by atoms with Crippen molar-refractivity contribution in [3.63, 3.8) is 0 Å². The van der Waals surface area contributed by atoms with Crippen molar-refractivity contribution < 1.29 is 14.3 Å². The quantitative estimate of drug-likeness (QED) is 0.887. The largest absolute Gasteiger partial charge is 0.479 e. The molecule has 0 aliphatic carbocycles. The fourth-order valence-electron chi connectivity index (χ4n) is 1.80. The van der Waals surface area contributed by atoms with Crippen LogP contribution in [0.1, 0.15) is 17.3 Å². The van der Waals surface area contributed by atoms with Gasteiger partial charge >= 0.3 is 0 Å². The Morgan fingerprint density at radius 1 is 1.50 bits per heavy atom. The molecule has 1 atom stereocenters. The lowest BCUT2D eigenvalue weighted by molar-refractivity contribution is -0.122. The van der Waals surface area contributed by atoms with E-state index in [9.17, 15) is 9.59 Å². The monoisotopic (exact) mass is 289 g/mol. The van der Waals surface area contributed by atoms with E-state index < -0.39 is 6.10 Å². The smallest absolute Gasteiger partial charge is 0.265 e. The summed E-state index contributed by atoms with van der Waals surface area (Å²) in [7, 11) is 0. The Bertz CT molecular complexity index is 670. The van der Waals surface area contributed by atoms with Crippen LogP contribution in [0.25, 0.3) is 0 Å². The fraction of sp³-hybridized carbons (Fsp3) is 0.154. The second-order valence-corrected chi connectivity index (χ2v) is 5.15. The number of benzene rings is 1. The molecule has 7 heteroatoms. The van der Waals surface area contributed by atoms with Crippen molar-refractivity contribution in [2.75, 3.05) is 10.6 Å². The highest BCUT2D eigenvalue weighted by Crippen LogP contribution is 2.30. The maximum absolute atomic E-state index is 12.0. The number of nitrogens with zero attached hydrogens (tertiary/aromatic N) is 1. The van der Waals surface area contributed by atoms with Crippen molar-refractivity contribution in [2.24, 2.45) is 0 Å². The van der Waals surface area contributed by atoms with Crippen molar-refractivity contribution in [2.45, 2.75) is 13.0 Å². The summed E-state index contributed by atoms with van der Waals surface area (Å²) in [6.07, 6.45) is 1.08. The van der Waals surface area contributed by atoms with Gasteiger partial charge < -0.3 is 10.1 Å². The highest BCUT2D eigenvalue weighted by Gasteiger charge is 2.24. The maximum Gasteiger partial charge on any atom is 0.265 e. The van der Waals surface area contributed by atoms with Crippen LogP contribution in [0, 0.1) is 0 Å². The molecule has 0 fully saturated rings. The second-order valence-electron chi connectivity index (χ2n) is 4.25. The molecule has 1 unspecified atom stereocenters. The standard InChI is InChI=1S/C13H11N3O3S/c1-7-11(17)15-9-6-8(2-3-10(9)19-7)12(18)16-13-14-4-5-20-13/h2-7H,1H3,(H,15,17)(H,14,16,18). The normalized spacial score (nSPS) is 16.9. The summed E-state index contributed by atoms with van der Waals surface area (Å²) in [5.41, 5.74) is 0.928. The summed E-state index contributed by atoms with van der Waals surface area (Å²) in [6.45, 7) is 1.67. The number of aromatic nitrogens is 1. The molecule has 20 heavy (non-hydrogen) atoms. The number of fused-ring (bicyclic) bond motifs is 1. The summed E-state index contributed by atoms with van der Waals surface area (Å²) < 4.78 is 5.43. The summed E-state index contributed by atoms with van der Waals surface area (Å²) in [5, 5.41) is 7.69. The van der Waals surface area contributed by atoms with Crippen LogP contribution in [0.4, 0.5) is 10.8 Å². The number of anilines is 2. The van der Waals surface area contributed by atoms with Crippen molar-refractivity contribution in [3.8, 4) is 5.75 Å². The molecular formula is C13H11N3O3S. The molecule has 2 N–H and O–H groups in total. The van der Waals surface area contributed by atoms with Gasteiger partial charge in [-0.15, -0.1) is 11.3 Å². The maximum atomic E-state index is 12.0. The average Bonchev–Trinajstić information content (AvgIpc) is 2.92. The van der Waals surface area contributed by atoms with Gasteiger partial charge in [-0.25, -0.2) is 4.98 Å². The van der Waals surface area contributed by atoms with E-state index in [2.05, 4.69) is 15.6 Å². The zero-order valence-electron chi connectivity index (χ0n) is 10.5. The van der Waals surface area contributed by atoms with Crippen LogP contribution in [0.5, 0.6) is 5.75 Å². The van der Waals surface area contributed by atoms with Gasteiger partial charge in [-0.2, -0.15) is 0 Å². The molecule has 0 bridgehead atoms. The van der Waals surface area contributed by atoms with E-state index in [4.69, 9.17) is 4.74 Å². The molecule has 3 rings (SSSR count). The van der Waals surface area contributed by atoms with Crippen LogP contribution in [0.3, 0.4) is 0 Å². The second kappa shape index (κ2) is 4.93. The van der Waals surface area contributed by atoms with E-state index in [0.29, 0.717) is 22.1 Å². The summed E-state index contributed by atoms with van der Waals surface area (Å²) in [4.78, 5) is 27.6. The number of hydrogen-bond donors (Lipinski definition) is 2. The predicted molar refractivity (Wildman–Crippen MR) is 75.2 cm³/mol. The molecule has 2 aromatic rings. The molecule has 6 nitrogen and oxygen atoms in total. The van der Waals surface area contributed by atoms with Gasteiger partial charge in [-0.3, -0.25) is 14.9 Å². The first kappa shape index (κ1) is 12.6. The van der Waals surface area contributed by atoms with E-state index in [-0.39, 0.29) is 11.8 Å². The first-order valence-corrected chi connectivity index (χ1v) is 6.84. The molecule has 102 valence electrons. The van der Waals surface area contributed by atoms with Gasteiger partial charge in [0.25, 0.3) is 11.8 Å². The van der Waals surface area contributed by atoms with E-state index in [1.165, 1.54) is 11.3 Å². The topological polar surface area (TPSA) is 80.3 Å². The lowest BCUT2D eigenvalue weighted by atomic mass is 10.1.